The van der Waals surface area contributed by atoms with Crippen molar-refractivity contribution in [1.29, 1.82) is 0 Å². The highest BCUT2D eigenvalue weighted by Crippen LogP contribution is 2.24. The molecule has 0 aliphatic carbocycles. The van der Waals surface area contributed by atoms with Crippen LogP contribution in [0.4, 0.5) is 5.69 Å². The van der Waals surface area contributed by atoms with Gasteiger partial charge in [0.25, 0.3) is 0 Å². The van der Waals surface area contributed by atoms with Gasteiger partial charge in [0.1, 0.15) is 12.4 Å². The van der Waals surface area contributed by atoms with Gasteiger partial charge in [-0.05, 0) is 31.2 Å². The zero-order valence-electron chi connectivity index (χ0n) is 15.8. The summed E-state index contributed by atoms with van der Waals surface area (Å²) >= 11 is 1.27. The Labute approximate surface area is 163 Å². The third kappa shape index (κ3) is 7.00. The maximum absolute atomic E-state index is 10.4. The number of aryl methyl sites for hydroxylation is 1. The van der Waals surface area contributed by atoms with Crippen LogP contribution in [-0.2, 0) is 16.0 Å². The largest absolute Gasteiger partial charge is 0.481 e. The first-order valence-electron chi connectivity index (χ1n) is 8.54. The molecule has 1 aromatic carbocycles. The predicted molar refractivity (Wildman–Crippen MR) is 108 cm³/mol. The molecule has 27 heavy (non-hydrogen) atoms. The van der Waals surface area contributed by atoms with Gasteiger partial charge in [0.05, 0.1) is 23.8 Å². The first-order chi connectivity index (χ1) is 13.0. The quantitative estimate of drug-likeness (QED) is 0.522. The molecule has 0 aliphatic heterocycles. The lowest BCUT2D eigenvalue weighted by molar-refractivity contribution is -0.133. The number of hydrogen-bond donors (Lipinski definition) is 1. The highest BCUT2D eigenvalue weighted by molar-refractivity contribution is 8.00. The average molecular weight is 388 g/mol. The van der Waals surface area contributed by atoms with E-state index in [0.29, 0.717) is 31.3 Å². The third-order valence-corrected chi connectivity index (χ3v) is 4.51. The van der Waals surface area contributed by atoms with Crippen LogP contribution in [0.1, 0.15) is 11.5 Å². The van der Waals surface area contributed by atoms with Gasteiger partial charge in [-0.2, -0.15) is 0 Å². The molecule has 6 nitrogen and oxygen atoms in total. The molecule has 7 heteroatoms. The van der Waals surface area contributed by atoms with E-state index in [1.807, 2.05) is 50.2 Å². The van der Waals surface area contributed by atoms with Gasteiger partial charge in [0.15, 0.2) is 0 Å². The Bertz CT molecular complexity index is 804. The highest BCUT2D eigenvalue weighted by atomic mass is 32.2. The molecule has 2 rings (SSSR count). The standard InChI is InChI=1S/C20H24N2O4S/c1-15-18(10-12-25-11-4-5-13-27-14-19(23)24)21-20(26-15)16-6-8-17(9-7-16)22(2)3/h6-9H,10-14H2,1-3H3,(H,23,24). The monoisotopic (exact) mass is 388 g/mol. The van der Waals surface area contributed by atoms with Crippen LogP contribution in [0.3, 0.4) is 0 Å². The number of nitrogens with zero attached hydrogens (tertiary/aromatic N) is 2. The molecule has 0 unspecified atom stereocenters. The van der Waals surface area contributed by atoms with Gasteiger partial charge in [-0.25, -0.2) is 4.98 Å². The summed E-state index contributed by atoms with van der Waals surface area (Å²) in [6.45, 7) is 2.73. The Morgan fingerprint density at radius 2 is 2.04 bits per heavy atom. The van der Waals surface area contributed by atoms with Gasteiger partial charge >= 0.3 is 5.97 Å². The SMILES string of the molecule is Cc1oc(-c2ccc(N(C)C)cc2)nc1CCOCC#CCSCC(=O)O. The number of carboxylic acid groups (broad SMARTS) is 1. The summed E-state index contributed by atoms with van der Waals surface area (Å²) in [5.41, 5.74) is 2.95. The number of aliphatic carboxylic acids is 1. The lowest BCUT2D eigenvalue weighted by Gasteiger charge is -2.11. The van der Waals surface area contributed by atoms with Crippen molar-refractivity contribution in [3.63, 3.8) is 0 Å². The molecule has 144 valence electrons. The zero-order chi connectivity index (χ0) is 19.6. The smallest absolute Gasteiger partial charge is 0.313 e. The van der Waals surface area contributed by atoms with Crippen molar-refractivity contribution in [1.82, 2.24) is 4.98 Å². The summed E-state index contributed by atoms with van der Waals surface area (Å²) in [7, 11) is 4.00. The molecule has 0 fully saturated rings. The second kappa shape index (κ2) is 10.7. The predicted octanol–water partition coefficient (Wildman–Crippen LogP) is 3.10. The number of hydrogen-bond acceptors (Lipinski definition) is 6. The van der Waals surface area contributed by atoms with Crippen LogP contribution in [0.25, 0.3) is 11.5 Å². The van der Waals surface area contributed by atoms with E-state index >= 15 is 0 Å². The molecule has 0 amide bonds. The van der Waals surface area contributed by atoms with Crippen molar-refractivity contribution in [2.75, 3.05) is 43.7 Å². The Kier molecular flexibility index (Phi) is 8.24. The molecule has 0 radical (unpaired) electrons. The normalized spacial score (nSPS) is 10.3. The second-order valence-corrected chi connectivity index (χ2v) is 6.99. The summed E-state index contributed by atoms with van der Waals surface area (Å²) < 4.78 is 11.3. The first kappa shape index (κ1) is 20.9. The van der Waals surface area contributed by atoms with E-state index in [0.717, 1.165) is 22.7 Å². The van der Waals surface area contributed by atoms with Gasteiger partial charge in [-0.15, -0.1) is 11.8 Å². The molecule has 1 N–H and O–H groups in total. The van der Waals surface area contributed by atoms with Crippen LogP contribution >= 0.6 is 11.8 Å². The van der Waals surface area contributed by atoms with Crippen molar-refractivity contribution in [2.45, 2.75) is 13.3 Å². The summed E-state index contributed by atoms with van der Waals surface area (Å²) in [5, 5.41) is 8.52. The summed E-state index contributed by atoms with van der Waals surface area (Å²) in [4.78, 5) is 17.0. The molecular formula is C20H24N2O4S. The minimum absolute atomic E-state index is 0.0706. The fourth-order valence-electron chi connectivity index (χ4n) is 2.27. The molecule has 0 saturated carbocycles. The molecule has 0 atom stereocenters. The lowest BCUT2D eigenvalue weighted by atomic mass is 10.2. The number of aromatic nitrogens is 1. The minimum atomic E-state index is -0.825. The van der Waals surface area contributed by atoms with E-state index in [-0.39, 0.29) is 5.75 Å². The van der Waals surface area contributed by atoms with Crippen LogP contribution in [0.5, 0.6) is 0 Å². The van der Waals surface area contributed by atoms with E-state index in [9.17, 15) is 4.79 Å². The number of anilines is 1. The number of benzene rings is 1. The van der Waals surface area contributed by atoms with E-state index in [4.69, 9.17) is 14.3 Å². The van der Waals surface area contributed by atoms with Gasteiger partial charge in [-0.3, -0.25) is 4.79 Å². The highest BCUT2D eigenvalue weighted by Gasteiger charge is 2.11. The Morgan fingerprint density at radius 3 is 2.70 bits per heavy atom. The zero-order valence-corrected chi connectivity index (χ0v) is 16.6. The minimum Gasteiger partial charge on any atom is -0.481 e. The fourth-order valence-corrected chi connectivity index (χ4v) is 2.75. The number of carbonyl (C=O) groups is 1. The van der Waals surface area contributed by atoms with Crippen molar-refractivity contribution >= 4 is 23.4 Å². The molecule has 2 aromatic rings. The molecule has 0 saturated heterocycles. The van der Waals surface area contributed by atoms with Gasteiger partial charge in [-0.1, -0.05) is 11.8 Å². The third-order valence-electron chi connectivity index (χ3n) is 3.71. The van der Waals surface area contributed by atoms with Crippen LogP contribution in [0.2, 0.25) is 0 Å². The maximum atomic E-state index is 10.4. The van der Waals surface area contributed by atoms with Crippen LogP contribution < -0.4 is 4.90 Å². The van der Waals surface area contributed by atoms with Gasteiger partial charge < -0.3 is 19.2 Å². The van der Waals surface area contributed by atoms with Crippen LogP contribution in [0.15, 0.2) is 28.7 Å². The summed E-state index contributed by atoms with van der Waals surface area (Å²) in [6.07, 6.45) is 0.653. The first-order valence-corrected chi connectivity index (χ1v) is 9.70. The number of thioether (sulfide) groups is 1. The number of ether oxygens (including phenoxy) is 1. The van der Waals surface area contributed by atoms with E-state index in [2.05, 4.69) is 16.8 Å². The fraction of sp³-hybridized carbons (Fsp3) is 0.400. The van der Waals surface area contributed by atoms with Crippen molar-refractivity contribution in [3.8, 4) is 23.3 Å². The second-order valence-electron chi connectivity index (χ2n) is 6.01. The average Bonchev–Trinajstić information content (AvgIpc) is 3.01. The van der Waals surface area contributed by atoms with Crippen molar-refractivity contribution in [3.05, 3.63) is 35.7 Å². The van der Waals surface area contributed by atoms with Gasteiger partial charge in [0.2, 0.25) is 5.89 Å². The topological polar surface area (TPSA) is 75.8 Å². The Morgan fingerprint density at radius 1 is 1.30 bits per heavy atom. The molecule has 0 spiro atoms. The van der Waals surface area contributed by atoms with Crippen LogP contribution in [0, 0.1) is 18.8 Å². The molecular weight excluding hydrogens is 364 g/mol. The van der Waals surface area contributed by atoms with E-state index in [1.54, 1.807) is 0 Å². The number of rotatable bonds is 9. The Balaban J connectivity index is 1.78. The summed E-state index contributed by atoms with van der Waals surface area (Å²) in [5.74, 6) is 6.89. The Hall–Kier alpha value is -2.43. The lowest BCUT2D eigenvalue weighted by Crippen LogP contribution is -2.07. The van der Waals surface area contributed by atoms with E-state index in [1.165, 1.54) is 11.8 Å². The number of oxazole rings is 1. The maximum Gasteiger partial charge on any atom is 0.313 e. The van der Waals surface area contributed by atoms with Crippen LogP contribution in [-0.4, -0.2) is 54.9 Å². The molecule has 0 bridgehead atoms. The van der Waals surface area contributed by atoms with E-state index < -0.39 is 5.97 Å². The molecule has 1 aromatic heterocycles. The van der Waals surface area contributed by atoms with Crippen molar-refractivity contribution < 1.29 is 19.1 Å². The van der Waals surface area contributed by atoms with Gasteiger partial charge in [0, 0.05) is 31.8 Å². The number of carboxylic acids is 1. The van der Waals surface area contributed by atoms with Crippen molar-refractivity contribution in [2.24, 2.45) is 0 Å². The summed E-state index contributed by atoms with van der Waals surface area (Å²) in [6, 6.07) is 8.06. The molecule has 1 heterocycles. The molecule has 0 aliphatic rings.